The molecule has 2 aromatic rings. The lowest BCUT2D eigenvalue weighted by molar-refractivity contribution is 0.0633. The fraction of sp³-hybridized carbons (Fsp3) is 0.375. The van der Waals surface area contributed by atoms with E-state index in [1.807, 2.05) is 26.0 Å². The van der Waals surface area contributed by atoms with Crippen LogP contribution >= 0.6 is 0 Å². The number of hydrogen-bond donors (Lipinski definition) is 0. The molecule has 0 bridgehead atoms. The Hall–Kier alpha value is -2.95. The van der Waals surface area contributed by atoms with Crippen molar-refractivity contribution in [3.05, 3.63) is 64.2 Å². The number of methoxy groups -OCH3 is 1. The number of amides is 1. The lowest BCUT2D eigenvalue weighted by Gasteiger charge is -2.32. The molecule has 5 heteroatoms. The van der Waals surface area contributed by atoms with Crippen LogP contribution in [0.4, 0.5) is 0 Å². The van der Waals surface area contributed by atoms with E-state index in [-0.39, 0.29) is 23.4 Å². The molecule has 1 amide bonds. The number of ketones is 2. The molecule has 2 aromatic carbocycles. The third-order valence-corrected chi connectivity index (χ3v) is 5.57. The molecule has 5 nitrogen and oxygen atoms in total. The minimum atomic E-state index is -0.246. The van der Waals surface area contributed by atoms with Gasteiger partial charge in [0.2, 0.25) is 0 Å². The van der Waals surface area contributed by atoms with E-state index in [1.54, 1.807) is 36.3 Å². The van der Waals surface area contributed by atoms with Crippen molar-refractivity contribution in [3.8, 4) is 5.75 Å². The molecule has 0 spiro atoms. The number of nitrogens with zero attached hydrogens (tertiary/aromatic N) is 1. The smallest absolute Gasteiger partial charge is 0.254 e. The topological polar surface area (TPSA) is 63.7 Å². The molecule has 0 N–H and O–H groups in total. The van der Waals surface area contributed by atoms with E-state index in [2.05, 4.69) is 0 Å². The molecule has 0 radical (unpaired) electrons. The predicted octanol–water partition coefficient (Wildman–Crippen LogP) is 4.25. The van der Waals surface area contributed by atoms with E-state index in [0.717, 1.165) is 29.7 Å². The summed E-state index contributed by atoms with van der Waals surface area (Å²) in [7, 11) is 1.63. The van der Waals surface area contributed by atoms with E-state index in [1.165, 1.54) is 6.92 Å². The quantitative estimate of drug-likeness (QED) is 0.713. The van der Waals surface area contributed by atoms with Gasteiger partial charge in [-0.2, -0.15) is 0 Å². The number of rotatable bonds is 5. The maximum atomic E-state index is 13.2. The number of likely N-dealkylation sites (tertiary alicyclic amines) is 1. The van der Waals surface area contributed by atoms with Crippen LogP contribution in [-0.4, -0.2) is 42.6 Å². The van der Waals surface area contributed by atoms with Crippen LogP contribution in [0.25, 0.3) is 0 Å². The molecule has 0 aromatic heterocycles. The highest BCUT2D eigenvalue weighted by molar-refractivity contribution is 6.07. The fourth-order valence-corrected chi connectivity index (χ4v) is 4.17. The zero-order valence-corrected chi connectivity index (χ0v) is 17.5. The van der Waals surface area contributed by atoms with Crippen molar-refractivity contribution < 1.29 is 19.1 Å². The minimum absolute atomic E-state index is 0.0520. The third-order valence-electron chi connectivity index (χ3n) is 5.57. The predicted molar refractivity (Wildman–Crippen MR) is 112 cm³/mol. The van der Waals surface area contributed by atoms with Crippen molar-refractivity contribution >= 4 is 17.5 Å². The average Bonchev–Trinajstić information content (AvgIpc) is 2.72. The Labute approximate surface area is 171 Å². The van der Waals surface area contributed by atoms with Crippen LogP contribution in [0, 0.1) is 19.8 Å². The molecule has 29 heavy (non-hydrogen) atoms. The molecule has 0 aliphatic carbocycles. The van der Waals surface area contributed by atoms with Crippen molar-refractivity contribution in [3.63, 3.8) is 0 Å². The van der Waals surface area contributed by atoms with Crippen molar-refractivity contribution in [1.82, 2.24) is 4.90 Å². The SMILES string of the molecule is COc1c(C)cc(C(=O)[C@H]2CCCN(C(=O)c3ccccc3C(C)=O)C2)cc1C. The molecule has 1 heterocycles. The number of piperidine rings is 1. The van der Waals surface area contributed by atoms with Gasteiger partial charge in [-0.3, -0.25) is 14.4 Å². The normalized spacial score (nSPS) is 16.4. The van der Waals surface area contributed by atoms with Gasteiger partial charge in [0.1, 0.15) is 5.75 Å². The molecular weight excluding hydrogens is 366 g/mol. The molecule has 0 saturated carbocycles. The van der Waals surface area contributed by atoms with Crippen LogP contribution in [0.5, 0.6) is 5.75 Å². The molecule has 1 atom stereocenters. The van der Waals surface area contributed by atoms with Gasteiger partial charge in [-0.1, -0.05) is 18.2 Å². The maximum absolute atomic E-state index is 13.2. The number of carbonyl (C=O) groups is 3. The summed E-state index contributed by atoms with van der Waals surface area (Å²) in [6.07, 6.45) is 1.51. The van der Waals surface area contributed by atoms with E-state index in [4.69, 9.17) is 4.74 Å². The Morgan fingerprint density at radius 1 is 1.03 bits per heavy atom. The Kier molecular flexibility index (Phi) is 6.16. The summed E-state index contributed by atoms with van der Waals surface area (Å²) >= 11 is 0. The summed E-state index contributed by atoms with van der Waals surface area (Å²) in [6, 6.07) is 10.6. The molecule has 1 saturated heterocycles. The van der Waals surface area contributed by atoms with Gasteiger partial charge in [0.05, 0.1) is 12.7 Å². The van der Waals surface area contributed by atoms with Crippen LogP contribution < -0.4 is 4.74 Å². The number of carbonyl (C=O) groups excluding carboxylic acids is 3. The van der Waals surface area contributed by atoms with Crippen molar-refractivity contribution in [2.24, 2.45) is 5.92 Å². The standard InChI is InChI=1S/C24H27NO4/c1-15-12-19(13-16(2)23(15)29-4)22(27)18-8-7-11-25(14-18)24(28)21-10-6-5-9-20(21)17(3)26/h5-6,9-10,12-13,18H,7-8,11,14H2,1-4H3/t18-/m0/s1. The highest BCUT2D eigenvalue weighted by atomic mass is 16.5. The van der Waals surface area contributed by atoms with Gasteiger partial charge < -0.3 is 9.64 Å². The van der Waals surface area contributed by atoms with Crippen LogP contribution in [0.15, 0.2) is 36.4 Å². The largest absolute Gasteiger partial charge is 0.496 e. The second kappa shape index (κ2) is 8.60. The number of aryl methyl sites for hydroxylation is 2. The van der Waals surface area contributed by atoms with Gasteiger partial charge >= 0.3 is 0 Å². The van der Waals surface area contributed by atoms with Gasteiger partial charge in [-0.05, 0) is 62.9 Å². The van der Waals surface area contributed by atoms with E-state index in [0.29, 0.717) is 29.8 Å². The highest BCUT2D eigenvalue weighted by Gasteiger charge is 2.31. The van der Waals surface area contributed by atoms with Gasteiger partial charge in [-0.15, -0.1) is 0 Å². The molecule has 1 fully saturated rings. The van der Waals surface area contributed by atoms with Crippen LogP contribution in [-0.2, 0) is 0 Å². The first kappa shape index (κ1) is 20.8. The zero-order valence-electron chi connectivity index (χ0n) is 17.5. The summed E-state index contributed by atoms with van der Waals surface area (Å²) in [5.74, 6) is 0.279. The molecule has 1 aliphatic heterocycles. The van der Waals surface area contributed by atoms with Gasteiger partial charge in [0, 0.05) is 30.1 Å². The minimum Gasteiger partial charge on any atom is -0.496 e. The maximum Gasteiger partial charge on any atom is 0.254 e. The summed E-state index contributed by atoms with van der Waals surface area (Å²) in [6.45, 7) is 6.28. The zero-order chi connectivity index (χ0) is 21.1. The molecule has 0 unspecified atom stereocenters. The Bertz CT molecular complexity index is 940. The summed E-state index contributed by atoms with van der Waals surface area (Å²) < 4.78 is 5.39. The van der Waals surface area contributed by atoms with Crippen molar-refractivity contribution in [2.45, 2.75) is 33.6 Å². The Balaban J connectivity index is 1.82. The Morgan fingerprint density at radius 3 is 2.24 bits per heavy atom. The molecular formula is C24H27NO4. The van der Waals surface area contributed by atoms with Crippen LogP contribution in [0.1, 0.15) is 62.0 Å². The van der Waals surface area contributed by atoms with E-state index < -0.39 is 0 Å². The second-order valence-corrected chi connectivity index (χ2v) is 7.70. The third kappa shape index (κ3) is 4.24. The summed E-state index contributed by atoms with van der Waals surface area (Å²) in [5, 5.41) is 0. The van der Waals surface area contributed by atoms with E-state index in [9.17, 15) is 14.4 Å². The summed E-state index contributed by atoms with van der Waals surface area (Å²) in [4.78, 5) is 39.8. The van der Waals surface area contributed by atoms with Crippen molar-refractivity contribution in [2.75, 3.05) is 20.2 Å². The second-order valence-electron chi connectivity index (χ2n) is 7.70. The van der Waals surface area contributed by atoms with Gasteiger partial charge in [0.15, 0.2) is 11.6 Å². The van der Waals surface area contributed by atoms with Gasteiger partial charge in [-0.25, -0.2) is 0 Å². The number of benzene rings is 2. The first-order chi connectivity index (χ1) is 13.8. The fourth-order valence-electron chi connectivity index (χ4n) is 4.17. The molecule has 1 aliphatic rings. The average molecular weight is 393 g/mol. The lowest BCUT2D eigenvalue weighted by Crippen LogP contribution is -2.42. The molecule has 3 rings (SSSR count). The number of Topliss-reactive ketones (excluding diaryl/α,β-unsaturated/α-hetero) is 2. The van der Waals surface area contributed by atoms with Gasteiger partial charge in [0.25, 0.3) is 5.91 Å². The van der Waals surface area contributed by atoms with Crippen LogP contribution in [0.2, 0.25) is 0 Å². The monoisotopic (exact) mass is 393 g/mol. The number of ether oxygens (including phenoxy) is 1. The highest BCUT2D eigenvalue weighted by Crippen LogP contribution is 2.28. The summed E-state index contributed by atoms with van der Waals surface area (Å²) in [5.41, 5.74) is 3.34. The van der Waals surface area contributed by atoms with Crippen LogP contribution in [0.3, 0.4) is 0 Å². The van der Waals surface area contributed by atoms with Crippen molar-refractivity contribution in [1.29, 1.82) is 0 Å². The molecule has 152 valence electrons. The lowest BCUT2D eigenvalue weighted by atomic mass is 9.88. The Morgan fingerprint density at radius 2 is 1.66 bits per heavy atom. The van der Waals surface area contributed by atoms with E-state index >= 15 is 0 Å². The first-order valence-electron chi connectivity index (χ1n) is 9.92. The first-order valence-corrected chi connectivity index (χ1v) is 9.92. The number of hydrogen-bond acceptors (Lipinski definition) is 4.